The lowest BCUT2D eigenvalue weighted by atomic mass is 10.1. The molecule has 2 N–H and O–H groups in total. The van der Waals surface area contributed by atoms with Crippen LogP contribution in [0.2, 0.25) is 0 Å². The van der Waals surface area contributed by atoms with E-state index in [0.29, 0.717) is 11.1 Å². The summed E-state index contributed by atoms with van der Waals surface area (Å²) >= 11 is 1.93. The van der Waals surface area contributed by atoms with E-state index in [-0.39, 0.29) is 6.04 Å². The van der Waals surface area contributed by atoms with Crippen LogP contribution in [-0.2, 0) is 0 Å². The molecule has 0 spiro atoms. The van der Waals surface area contributed by atoms with E-state index in [9.17, 15) is 0 Å². The monoisotopic (exact) mass is 296 g/mol. The molecule has 0 saturated carbocycles. The smallest absolute Gasteiger partial charge is 0.239 e. The van der Waals surface area contributed by atoms with Crippen LogP contribution in [0.15, 0.2) is 4.52 Å². The Hall–Kier alpha value is -0.590. The quantitative estimate of drug-likeness (QED) is 0.921. The molecule has 6 heteroatoms. The van der Waals surface area contributed by atoms with Crippen LogP contribution in [0.5, 0.6) is 0 Å². The van der Waals surface area contributed by atoms with Gasteiger partial charge in [0.2, 0.25) is 5.89 Å². The zero-order chi connectivity index (χ0) is 13.8. The Morgan fingerprint density at radius 1 is 1.25 bits per heavy atom. The number of aromatic nitrogens is 2. The van der Waals surface area contributed by atoms with Crippen molar-refractivity contribution in [2.24, 2.45) is 5.73 Å². The van der Waals surface area contributed by atoms with E-state index in [1.807, 2.05) is 11.8 Å². The summed E-state index contributed by atoms with van der Waals surface area (Å²) in [5.74, 6) is 2.65. The molecule has 1 aromatic heterocycles. The second-order valence-electron chi connectivity index (χ2n) is 5.81. The van der Waals surface area contributed by atoms with Gasteiger partial charge in [-0.15, -0.1) is 11.8 Å². The summed E-state index contributed by atoms with van der Waals surface area (Å²) in [5.41, 5.74) is 6.24. The predicted octanol–water partition coefficient (Wildman–Crippen LogP) is 2.51. The minimum absolute atomic E-state index is 0.126. The van der Waals surface area contributed by atoms with Gasteiger partial charge >= 0.3 is 0 Å². The molecule has 0 aliphatic carbocycles. The van der Waals surface area contributed by atoms with Gasteiger partial charge in [0.05, 0.1) is 11.3 Å². The summed E-state index contributed by atoms with van der Waals surface area (Å²) in [4.78, 5) is 6.97. The molecular weight excluding hydrogens is 272 g/mol. The zero-order valence-corrected chi connectivity index (χ0v) is 12.8. The lowest BCUT2D eigenvalue weighted by molar-refractivity contribution is 0.213. The molecule has 2 unspecified atom stereocenters. The second kappa shape index (κ2) is 6.91. The van der Waals surface area contributed by atoms with E-state index < -0.39 is 0 Å². The van der Waals surface area contributed by atoms with E-state index in [0.717, 1.165) is 31.9 Å². The fourth-order valence-corrected chi connectivity index (χ4v) is 4.19. The van der Waals surface area contributed by atoms with Gasteiger partial charge in [-0.1, -0.05) is 18.0 Å². The van der Waals surface area contributed by atoms with Crippen molar-refractivity contribution >= 4 is 11.8 Å². The molecule has 2 saturated heterocycles. The Kier molecular flexibility index (Phi) is 4.96. The first-order chi connectivity index (χ1) is 9.83. The Bertz CT molecular complexity index is 413. The third kappa shape index (κ3) is 3.54. The number of rotatable bonds is 4. The van der Waals surface area contributed by atoms with Crippen LogP contribution >= 0.6 is 11.8 Å². The Morgan fingerprint density at radius 2 is 2.10 bits per heavy atom. The van der Waals surface area contributed by atoms with E-state index in [1.165, 1.54) is 37.9 Å². The lowest BCUT2D eigenvalue weighted by Gasteiger charge is -2.27. The maximum absolute atomic E-state index is 6.24. The summed E-state index contributed by atoms with van der Waals surface area (Å²) in [6.45, 7) is 3.14. The highest BCUT2D eigenvalue weighted by molar-refractivity contribution is 7.99. The van der Waals surface area contributed by atoms with Crippen LogP contribution in [0.3, 0.4) is 0 Å². The standard InChI is InChI=1S/C14H24N4OS/c15-11(10-18-7-3-1-4-8-18)13-16-14(19-17-13)12-6-2-5-9-20-12/h11-12H,1-10,15H2. The van der Waals surface area contributed by atoms with Gasteiger partial charge in [-0.2, -0.15) is 4.98 Å². The topological polar surface area (TPSA) is 68.2 Å². The highest BCUT2D eigenvalue weighted by atomic mass is 32.2. The van der Waals surface area contributed by atoms with Crippen LogP contribution in [0.25, 0.3) is 0 Å². The average molecular weight is 296 g/mol. The lowest BCUT2D eigenvalue weighted by Crippen LogP contribution is -2.36. The molecule has 1 aromatic rings. The van der Waals surface area contributed by atoms with Gasteiger partial charge in [-0.25, -0.2) is 0 Å². The molecule has 0 radical (unpaired) electrons. The Labute approximate surface area is 124 Å². The average Bonchev–Trinajstić information content (AvgIpc) is 2.99. The van der Waals surface area contributed by atoms with Gasteiger partial charge in [-0.3, -0.25) is 0 Å². The van der Waals surface area contributed by atoms with Gasteiger partial charge in [0, 0.05) is 6.54 Å². The largest absolute Gasteiger partial charge is 0.338 e. The van der Waals surface area contributed by atoms with Crippen molar-refractivity contribution in [2.75, 3.05) is 25.4 Å². The fourth-order valence-electron chi connectivity index (χ4n) is 2.97. The number of nitrogens with zero attached hydrogens (tertiary/aromatic N) is 3. The number of hydrogen-bond donors (Lipinski definition) is 1. The molecule has 3 rings (SSSR count). The number of nitrogens with two attached hydrogens (primary N) is 1. The first-order valence-corrected chi connectivity index (χ1v) is 8.81. The van der Waals surface area contributed by atoms with E-state index in [1.54, 1.807) is 0 Å². The Morgan fingerprint density at radius 3 is 2.85 bits per heavy atom. The maximum atomic E-state index is 6.24. The molecule has 0 aromatic carbocycles. The van der Waals surface area contributed by atoms with Crippen molar-refractivity contribution in [2.45, 2.75) is 49.8 Å². The highest BCUT2D eigenvalue weighted by Gasteiger charge is 2.24. The summed E-state index contributed by atoms with van der Waals surface area (Å²) in [5, 5.41) is 4.49. The van der Waals surface area contributed by atoms with Crippen LogP contribution in [0, 0.1) is 0 Å². The molecule has 112 valence electrons. The van der Waals surface area contributed by atoms with E-state index in [2.05, 4.69) is 15.0 Å². The number of likely N-dealkylation sites (tertiary alicyclic amines) is 1. The second-order valence-corrected chi connectivity index (χ2v) is 7.12. The van der Waals surface area contributed by atoms with Crippen LogP contribution < -0.4 is 5.73 Å². The van der Waals surface area contributed by atoms with Crippen molar-refractivity contribution in [1.29, 1.82) is 0 Å². The molecule has 2 atom stereocenters. The first kappa shape index (κ1) is 14.4. The minimum atomic E-state index is -0.126. The highest BCUT2D eigenvalue weighted by Crippen LogP contribution is 2.37. The third-order valence-electron chi connectivity index (χ3n) is 4.15. The Balaban J connectivity index is 1.57. The fraction of sp³-hybridized carbons (Fsp3) is 0.857. The molecule has 0 bridgehead atoms. The predicted molar refractivity (Wildman–Crippen MR) is 80.6 cm³/mol. The summed E-state index contributed by atoms with van der Waals surface area (Å²) in [7, 11) is 0. The number of piperidine rings is 1. The van der Waals surface area contributed by atoms with Crippen LogP contribution in [-0.4, -0.2) is 40.4 Å². The van der Waals surface area contributed by atoms with Crippen molar-refractivity contribution in [3.63, 3.8) is 0 Å². The molecule has 2 aliphatic heterocycles. The van der Waals surface area contributed by atoms with Gasteiger partial charge in [0.25, 0.3) is 0 Å². The first-order valence-electron chi connectivity index (χ1n) is 7.76. The SMILES string of the molecule is NC(CN1CCCCC1)c1noc(C2CCCCS2)n1. The van der Waals surface area contributed by atoms with Gasteiger partial charge in [0.15, 0.2) is 5.82 Å². The van der Waals surface area contributed by atoms with Gasteiger partial charge < -0.3 is 15.2 Å². The van der Waals surface area contributed by atoms with Gasteiger partial charge in [-0.05, 0) is 44.5 Å². The molecule has 0 amide bonds. The number of hydrogen-bond acceptors (Lipinski definition) is 6. The summed E-state index contributed by atoms with van der Waals surface area (Å²) < 4.78 is 5.43. The molecule has 5 nitrogen and oxygen atoms in total. The van der Waals surface area contributed by atoms with Crippen LogP contribution in [0.1, 0.15) is 61.5 Å². The zero-order valence-electron chi connectivity index (χ0n) is 12.0. The van der Waals surface area contributed by atoms with E-state index >= 15 is 0 Å². The minimum Gasteiger partial charge on any atom is -0.338 e. The van der Waals surface area contributed by atoms with E-state index in [4.69, 9.17) is 10.3 Å². The maximum Gasteiger partial charge on any atom is 0.239 e. The molecule has 2 aliphatic rings. The molecule has 20 heavy (non-hydrogen) atoms. The van der Waals surface area contributed by atoms with Crippen molar-refractivity contribution in [3.8, 4) is 0 Å². The van der Waals surface area contributed by atoms with Gasteiger partial charge in [0.1, 0.15) is 0 Å². The van der Waals surface area contributed by atoms with Crippen molar-refractivity contribution < 1.29 is 4.52 Å². The third-order valence-corrected chi connectivity index (χ3v) is 5.51. The molecular formula is C14H24N4OS. The van der Waals surface area contributed by atoms with Crippen molar-refractivity contribution in [1.82, 2.24) is 15.0 Å². The molecule has 3 heterocycles. The summed E-state index contributed by atoms with van der Waals surface area (Å²) in [6, 6.07) is -0.126. The van der Waals surface area contributed by atoms with Crippen molar-refractivity contribution in [3.05, 3.63) is 11.7 Å². The number of thioether (sulfide) groups is 1. The van der Waals surface area contributed by atoms with Crippen LogP contribution in [0.4, 0.5) is 0 Å². The normalized spacial score (nSPS) is 26.6. The summed E-state index contributed by atoms with van der Waals surface area (Å²) in [6.07, 6.45) is 7.61. The molecule has 2 fully saturated rings.